The first-order valence-corrected chi connectivity index (χ1v) is 9.31. The molecule has 5 nitrogen and oxygen atoms in total. The van der Waals surface area contributed by atoms with Crippen molar-refractivity contribution in [3.05, 3.63) is 58.3 Å². The molecule has 0 fully saturated rings. The molecule has 118 valence electrons. The predicted octanol–water partition coefficient (Wildman–Crippen LogP) is 1.70. The Balaban J connectivity index is 2.11. The van der Waals surface area contributed by atoms with Crippen LogP contribution in [0.5, 0.6) is 0 Å². The van der Waals surface area contributed by atoms with E-state index in [2.05, 4.69) is 10.0 Å². The van der Waals surface area contributed by atoms with E-state index >= 15 is 0 Å². The van der Waals surface area contributed by atoms with Crippen molar-refractivity contribution in [2.24, 2.45) is 0 Å². The summed E-state index contributed by atoms with van der Waals surface area (Å²) in [6, 6.07) is 13.4. The second-order valence-electron chi connectivity index (χ2n) is 4.79. The molecule has 0 aliphatic heterocycles. The summed E-state index contributed by atoms with van der Waals surface area (Å²) in [5, 5.41) is 4.74. The highest BCUT2D eigenvalue weighted by molar-refractivity contribution is 7.90. The highest BCUT2D eigenvalue weighted by Gasteiger charge is 2.20. The lowest BCUT2D eigenvalue weighted by atomic mass is 10.0. The van der Waals surface area contributed by atoms with Crippen molar-refractivity contribution in [2.45, 2.75) is 12.5 Å². The van der Waals surface area contributed by atoms with E-state index in [1.807, 2.05) is 47.8 Å². The van der Waals surface area contributed by atoms with Crippen molar-refractivity contribution in [1.29, 1.82) is 0 Å². The summed E-state index contributed by atoms with van der Waals surface area (Å²) in [6.45, 7) is 0. The fourth-order valence-corrected chi connectivity index (χ4v) is 3.39. The van der Waals surface area contributed by atoms with E-state index in [1.165, 1.54) is 18.4 Å². The number of thiophene rings is 1. The molecule has 1 amide bonds. The molecule has 22 heavy (non-hydrogen) atoms. The third-order valence-corrected chi connectivity index (χ3v) is 5.39. The summed E-state index contributed by atoms with van der Waals surface area (Å²) in [5.41, 5.74) is 1.08. The van der Waals surface area contributed by atoms with Gasteiger partial charge in [-0.2, -0.15) is 0 Å². The third-order valence-electron chi connectivity index (χ3n) is 3.14. The first-order valence-electron chi connectivity index (χ1n) is 6.78. The largest absolute Gasteiger partial charge is 0.347 e. The quantitative estimate of drug-likeness (QED) is 0.807. The Morgan fingerprint density at radius 1 is 1.18 bits per heavy atom. The van der Waals surface area contributed by atoms with Gasteiger partial charge in [0.2, 0.25) is 15.9 Å². The predicted molar refractivity (Wildman–Crippen MR) is 88.2 cm³/mol. The van der Waals surface area contributed by atoms with Crippen LogP contribution in [-0.2, 0) is 21.2 Å². The summed E-state index contributed by atoms with van der Waals surface area (Å²) in [7, 11) is -2.27. The van der Waals surface area contributed by atoms with Gasteiger partial charge in [0.1, 0.15) is 5.75 Å². The number of rotatable bonds is 7. The van der Waals surface area contributed by atoms with Crippen LogP contribution in [0.1, 0.15) is 16.5 Å². The average Bonchev–Trinajstić information content (AvgIpc) is 3.01. The first kappa shape index (κ1) is 16.7. The summed E-state index contributed by atoms with van der Waals surface area (Å²) in [4.78, 5) is 13.0. The standard InChI is InChI=1S/C15H18N2O3S2/c1-16-22(19,20)11-15(18)17-13(14-8-5-9-21-14)10-12-6-3-2-4-7-12/h2-9,13,16H,10-11H2,1H3,(H,17,18)/t13-/m0/s1. The molecule has 0 unspecified atom stereocenters. The van der Waals surface area contributed by atoms with E-state index in [4.69, 9.17) is 0 Å². The van der Waals surface area contributed by atoms with E-state index in [-0.39, 0.29) is 6.04 Å². The molecule has 2 N–H and O–H groups in total. The molecule has 1 atom stereocenters. The zero-order chi connectivity index (χ0) is 16.0. The van der Waals surface area contributed by atoms with Crippen LogP contribution in [0, 0.1) is 0 Å². The number of sulfonamides is 1. The molecule has 0 bridgehead atoms. The van der Waals surface area contributed by atoms with Crippen molar-refractivity contribution in [3.8, 4) is 0 Å². The Bertz CT molecular complexity index is 698. The van der Waals surface area contributed by atoms with Crippen LogP contribution in [0.2, 0.25) is 0 Å². The second-order valence-corrected chi connectivity index (χ2v) is 7.69. The SMILES string of the molecule is CNS(=O)(=O)CC(=O)N[C@@H](Cc1ccccc1)c1cccs1. The third kappa shape index (κ3) is 4.94. The van der Waals surface area contributed by atoms with Crippen LogP contribution >= 0.6 is 11.3 Å². The molecule has 7 heteroatoms. The smallest absolute Gasteiger partial charge is 0.237 e. The van der Waals surface area contributed by atoms with Gasteiger partial charge < -0.3 is 5.32 Å². The number of hydrogen-bond acceptors (Lipinski definition) is 4. The molecule has 1 aromatic carbocycles. The Morgan fingerprint density at radius 2 is 1.91 bits per heavy atom. The Morgan fingerprint density at radius 3 is 2.50 bits per heavy atom. The molecule has 0 aliphatic carbocycles. The number of carbonyl (C=O) groups is 1. The van der Waals surface area contributed by atoms with Gasteiger partial charge in [-0.3, -0.25) is 4.79 Å². The molecule has 1 heterocycles. The summed E-state index contributed by atoms with van der Waals surface area (Å²) < 4.78 is 25.1. The maximum absolute atomic E-state index is 12.0. The van der Waals surface area contributed by atoms with E-state index in [1.54, 1.807) is 0 Å². The minimum atomic E-state index is -3.56. The maximum atomic E-state index is 12.0. The number of nitrogens with one attached hydrogen (secondary N) is 2. The molecule has 1 aromatic heterocycles. The normalized spacial score (nSPS) is 12.8. The lowest BCUT2D eigenvalue weighted by Gasteiger charge is -2.17. The van der Waals surface area contributed by atoms with Crippen LogP contribution in [0.3, 0.4) is 0 Å². The fourth-order valence-electron chi connectivity index (χ4n) is 2.04. The van der Waals surface area contributed by atoms with Crippen LogP contribution < -0.4 is 10.0 Å². The Hall–Kier alpha value is -1.70. The zero-order valence-electron chi connectivity index (χ0n) is 12.2. The van der Waals surface area contributed by atoms with Crippen molar-refractivity contribution < 1.29 is 13.2 Å². The van der Waals surface area contributed by atoms with Crippen LogP contribution in [0.4, 0.5) is 0 Å². The molecule has 0 saturated heterocycles. The molecular formula is C15H18N2O3S2. The molecule has 2 rings (SSSR count). The average molecular weight is 338 g/mol. The minimum absolute atomic E-state index is 0.234. The number of carbonyl (C=O) groups excluding carboxylic acids is 1. The van der Waals surface area contributed by atoms with Gasteiger partial charge in [-0.05, 0) is 30.5 Å². The van der Waals surface area contributed by atoms with Gasteiger partial charge in [-0.15, -0.1) is 11.3 Å². The van der Waals surface area contributed by atoms with Crippen LogP contribution in [0.25, 0.3) is 0 Å². The van der Waals surface area contributed by atoms with E-state index in [9.17, 15) is 13.2 Å². The first-order chi connectivity index (χ1) is 10.5. The van der Waals surface area contributed by atoms with E-state index < -0.39 is 21.7 Å². The summed E-state index contributed by atoms with van der Waals surface area (Å²) in [6.07, 6.45) is 0.618. The van der Waals surface area contributed by atoms with Crippen molar-refractivity contribution in [1.82, 2.24) is 10.0 Å². The molecule has 0 saturated carbocycles. The molecule has 0 spiro atoms. The van der Waals surface area contributed by atoms with E-state index in [0.717, 1.165) is 10.4 Å². The highest BCUT2D eigenvalue weighted by atomic mass is 32.2. The molecule has 2 aromatic rings. The number of hydrogen-bond donors (Lipinski definition) is 2. The van der Waals surface area contributed by atoms with Crippen LogP contribution in [-0.4, -0.2) is 27.1 Å². The van der Waals surface area contributed by atoms with E-state index in [0.29, 0.717) is 6.42 Å². The number of benzene rings is 1. The summed E-state index contributed by atoms with van der Waals surface area (Å²) >= 11 is 1.54. The zero-order valence-corrected chi connectivity index (χ0v) is 13.8. The topological polar surface area (TPSA) is 75.3 Å². The van der Waals surface area contributed by atoms with Crippen LogP contribution in [0.15, 0.2) is 47.8 Å². The van der Waals surface area contributed by atoms with Gasteiger partial charge >= 0.3 is 0 Å². The van der Waals surface area contributed by atoms with Gasteiger partial charge in [0, 0.05) is 4.88 Å². The Labute approximate surface area is 134 Å². The minimum Gasteiger partial charge on any atom is -0.347 e. The lowest BCUT2D eigenvalue weighted by Crippen LogP contribution is -2.37. The van der Waals surface area contributed by atoms with Crippen molar-refractivity contribution >= 4 is 27.3 Å². The second kappa shape index (κ2) is 7.53. The van der Waals surface area contributed by atoms with Gasteiger partial charge in [-0.1, -0.05) is 36.4 Å². The molecule has 0 aliphatic rings. The van der Waals surface area contributed by atoms with Gasteiger partial charge in [-0.25, -0.2) is 13.1 Å². The Kier molecular flexibility index (Phi) is 5.70. The van der Waals surface area contributed by atoms with Gasteiger partial charge in [0.15, 0.2) is 0 Å². The monoisotopic (exact) mass is 338 g/mol. The fraction of sp³-hybridized carbons (Fsp3) is 0.267. The summed E-state index contributed by atoms with van der Waals surface area (Å²) in [5.74, 6) is -1.08. The molecule has 0 radical (unpaired) electrons. The van der Waals surface area contributed by atoms with Gasteiger partial charge in [0.25, 0.3) is 0 Å². The number of amides is 1. The maximum Gasteiger partial charge on any atom is 0.237 e. The lowest BCUT2D eigenvalue weighted by molar-refractivity contribution is -0.119. The van der Waals surface area contributed by atoms with Crippen molar-refractivity contribution in [2.75, 3.05) is 12.8 Å². The van der Waals surface area contributed by atoms with Crippen molar-refractivity contribution in [3.63, 3.8) is 0 Å². The highest BCUT2D eigenvalue weighted by Crippen LogP contribution is 2.23. The van der Waals surface area contributed by atoms with Gasteiger partial charge in [0.05, 0.1) is 6.04 Å². The molecular weight excluding hydrogens is 320 g/mol.